The van der Waals surface area contributed by atoms with Gasteiger partial charge < -0.3 is 20.3 Å². The SMILES string of the molecule is O=C(NCCc1ccccc1)N1CCNC[C@H]1COc1cccnc1. The van der Waals surface area contributed by atoms with E-state index < -0.39 is 0 Å². The van der Waals surface area contributed by atoms with Gasteiger partial charge in [0.05, 0.1) is 12.2 Å². The van der Waals surface area contributed by atoms with Crippen LogP contribution in [0.2, 0.25) is 0 Å². The van der Waals surface area contributed by atoms with Crippen LogP contribution in [0.4, 0.5) is 4.79 Å². The summed E-state index contributed by atoms with van der Waals surface area (Å²) in [4.78, 5) is 18.4. The molecule has 0 saturated carbocycles. The molecule has 0 spiro atoms. The van der Waals surface area contributed by atoms with Crippen molar-refractivity contribution in [1.29, 1.82) is 0 Å². The monoisotopic (exact) mass is 340 g/mol. The minimum Gasteiger partial charge on any atom is -0.490 e. The number of amides is 2. The van der Waals surface area contributed by atoms with E-state index >= 15 is 0 Å². The minimum absolute atomic E-state index is 0.00526. The van der Waals surface area contributed by atoms with Crippen LogP contribution in [0.1, 0.15) is 5.56 Å². The molecule has 2 heterocycles. The van der Waals surface area contributed by atoms with Gasteiger partial charge in [-0.15, -0.1) is 0 Å². The molecule has 0 bridgehead atoms. The maximum atomic E-state index is 12.5. The largest absolute Gasteiger partial charge is 0.490 e. The van der Waals surface area contributed by atoms with Crippen LogP contribution in [-0.2, 0) is 6.42 Å². The summed E-state index contributed by atoms with van der Waals surface area (Å²) < 4.78 is 5.78. The number of carbonyl (C=O) groups is 1. The number of hydrogen-bond donors (Lipinski definition) is 2. The highest BCUT2D eigenvalue weighted by atomic mass is 16.5. The fourth-order valence-electron chi connectivity index (χ4n) is 2.86. The molecule has 1 aliphatic heterocycles. The summed E-state index contributed by atoms with van der Waals surface area (Å²) in [5.74, 6) is 0.720. The number of nitrogens with zero attached hydrogens (tertiary/aromatic N) is 2. The lowest BCUT2D eigenvalue weighted by atomic mass is 10.1. The number of nitrogens with one attached hydrogen (secondary N) is 2. The summed E-state index contributed by atoms with van der Waals surface area (Å²) in [6, 6.07) is 13.8. The van der Waals surface area contributed by atoms with Crippen molar-refractivity contribution >= 4 is 6.03 Å². The van der Waals surface area contributed by atoms with Gasteiger partial charge in [0.25, 0.3) is 0 Å². The lowest BCUT2D eigenvalue weighted by Crippen LogP contribution is -2.58. The summed E-state index contributed by atoms with van der Waals surface area (Å²) in [6.45, 7) is 3.29. The second-order valence-corrected chi connectivity index (χ2v) is 6.02. The Labute approximate surface area is 148 Å². The summed E-state index contributed by atoms with van der Waals surface area (Å²) >= 11 is 0. The number of ether oxygens (including phenoxy) is 1. The van der Waals surface area contributed by atoms with Crippen LogP contribution in [0.25, 0.3) is 0 Å². The first kappa shape index (κ1) is 17.2. The zero-order valence-corrected chi connectivity index (χ0v) is 14.2. The van der Waals surface area contributed by atoms with Crippen molar-refractivity contribution in [2.24, 2.45) is 0 Å². The van der Waals surface area contributed by atoms with Crippen molar-refractivity contribution in [1.82, 2.24) is 20.5 Å². The third-order valence-corrected chi connectivity index (χ3v) is 4.22. The van der Waals surface area contributed by atoms with Gasteiger partial charge in [-0.05, 0) is 24.1 Å². The smallest absolute Gasteiger partial charge is 0.317 e. The summed E-state index contributed by atoms with van der Waals surface area (Å²) in [5.41, 5.74) is 1.22. The van der Waals surface area contributed by atoms with E-state index in [2.05, 4.69) is 27.8 Å². The molecule has 1 saturated heterocycles. The van der Waals surface area contributed by atoms with Gasteiger partial charge in [0.1, 0.15) is 12.4 Å². The number of rotatable bonds is 6. The predicted molar refractivity (Wildman–Crippen MR) is 96.6 cm³/mol. The van der Waals surface area contributed by atoms with Crippen molar-refractivity contribution in [3.8, 4) is 5.75 Å². The summed E-state index contributed by atoms with van der Waals surface area (Å²) in [7, 11) is 0. The molecule has 132 valence electrons. The van der Waals surface area contributed by atoms with Gasteiger partial charge in [-0.1, -0.05) is 30.3 Å². The molecule has 0 radical (unpaired) electrons. The Bertz CT molecular complexity index is 651. The molecule has 0 aliphatic carbocycles. The fraction of sp³-hybridized carbons (Fsp3) is 0.368. The van der Waals surface area contributed by atoms with Gasteiger partial charge in [0.15, 0.2) is 0 Å². The second-order valence-electron chi connectivity index (χ2n) is 6.02. The van der Waals surface area contributed by atoms with Crippen molar-refractivity contribution in [3.63, 3.8) is 0 Å². The molecule has 2 aromatic rings. The Morgan fingerprint density at radius 1 is 1.28 bits per heavy atom. The number of hydrogen-bond acceptors (Lipinski definition) is 4. The topological polar surface area (TPSA) is 66.5 Å². The van der Waals surface area contributed by atoms with Crippen LogP contribution in [0.15, 0.2) is 54.9 Å². The van der Waals surface area contributed by atoms with E-state index in [1.54, 1.807) is 12.4 Å². The summed E-state index contributed by atoms with van der Waals surface area (Å²) in [5, 5.41) is 6.34. The normalized spacial score (nSPS) is 17.1. The molecule has 2 amide bonds. The first-order valence-electron chi connectivity index (χ1n) is 8.65. The Kier molecular flexibility index (Phi) is 6.23. The van der Waals surface area contributed by atoms with Crippen molar-refractivity contribution in [2.75, 3.05) is 32.8 Å². The van der Waals surface area contributed by atoms with E-state index in [9.17, 15) is 4.79 Å². The lowest BCUT2D eigenvalue weighted by molar-refractivity contribution is 0.124. The van der Waals surface area contributed by atoms with Gasteiger partial charge in [-0.2, -0.15) is 0 Å². The zero-order valence-electron chi connectivity index (χ0n) is 14.2. The van der Waals surface area contributed by atoms with Crippen LogP contribution in [0, 0.1) is 0 Å². The van der Waals surface area contributed by atoms with Crippen LogP contribution in [0.3, 0.4) is 0 Å². The fourth-order valence-corrected chi connectivity index (χ4v) is 2.86. The molecule has 1 fully saturated rings. The molecule has 25 heavy (non-hydrogen) atoms. The quantitative estimate of drug-likeness (QED) is 0.840. The highest BCUT2D eigenvalue weighted by Crippen LogP contribution is 2.10. The van der Waals surface area contributed by atoms with Crippen molar-refractivity contribution < 1.29 is 9.53 Å². The molecule has 1 aromatic heterocycles. The molecule has 0 unspecified atom stereocenters. The lowest BCUT2D eigenvalue weighted by Gasteiger charge is -2.35. The summed E-state index contributed by atoms with van der Waals surface area (Å²) in [6.07, 6.45) is 4.22. The van der Waals surface area contributed by atoms with Gasteiger partial charge >= 0.3 is 6.03 Å². The number of pyridine rings is 1. The average Bonchev–Trinajstić information content (AvgIpc) is 2.68. The van der Waals surface area contributed by atoms with Gasteiger partial charge in [0, 0.05) is 32.4 Å². The standard InChI is InChI=1S/C19H24N4O2/c24-19(22-10-8-16-5-2-1-3-6-16)23-12-11-21-13-17(23)15-25-18-7-4-9-20-14-18/h1-7,9,14,17,21H,8,10-13,15H2,(H,22,24)/t17-/m0/s1. The molecular weight excluding hydrogens is 316 g/mol. The molecule has 1 aliphatic rings. The number of piperazine rings is 1. The van der Waals surface area contributed by atoms with E-state index in [1.165, 1.54) is 5.56 Å². The van der Waals surface area contributed by atoms with E-state index in [4.69, 9.17) is 4.74 Å². The van der Waals surface area contributed by atoms with E-state index in [1.807, 2.05) is 35.2 Å². The van der Waals surface area contributed by atoms with Crippen molar-refractivity contribution in [3.05, 3.63) is 60.4 Å². The van der Waals surface area contributed by atoms with Crippen LogP contribution in [0.5, 0.6) is 5.75 Å². The highest BCUT2D eigenvalue weighted by Gasteiger charge is 2.26. The number of aromatic nitrogens is 1. The predicted octanol–water partition coefficient (Wildman–Crippen LogP) is 1.69. The van der Waals surface area contributed by atoms with Crippen LogP contribution in [-0.4, -0.2) is 54.7 Å². The van der Waals surface area contributed by atoms with E-state index in [0.717, 1.165) is 25.3 Å². The zero-order chi connectivity index (χ0) is 17.3. The van der Waals surface area contributed by atoms with E-state index in [0.29, 0.717) is 19.7 Å². The molecule has 1 aromatic carbocycles. The van der Waals surface area contributed by atoms with E-state index in [-0.39, 0.29) is 12.1 Å². The third kappa shape index (κ3) is 5.19. The number of urea groups is 1. The Hall–Kier alpha value is -2.60. The highest BCUT2D eigenvalue weighted by molar-refractivity contribution is 5.74. The molecule has 3 rings (SSSR count). The Balaban J connectivity index is 1.48. The molecular formula is C19H24N4O2. The maximum Gasteiger partial charge on any atom is 0.317 e. The maximum absolute atomic E-state index is 12.5. The molecule has 1 atom stereocenters. The van der Waals surface area contributed by atoms with Gasteiger partial charge in [-0.3, -0.25) is 4.98 Å². The average molecular weight is 340 g/mol. The minimum atomic E-state index is -0.0304. The van der Waals surface area contributed by atoms with Gasteiger partial charge in [-0.25, -0.2) is 4.79 Å². The Morgan fingerprint density at radius 2 is 2.16 bits per heavy atom. The van der Waals surface area contributed by atoms with Gasteiger partial charge in [0.2, 0.25) is 0 Å². The Morgan fingerprint density at radius 3 is 2.96 bits per heavy atom. The molecule has 6 heteroatoms. The first-order valence-corrected chi connectivity index (χ1v) is 8.65. The first-order chi connectivity index (χ1) is 12.3. The third-order valence-electron chi connectivity index (χ3n) is 4.22. The van der Waals surface area contributed by atoms with Crippen LogP contribution >= 0.6 is 0 Å². The van der Waals surface area contributed by atoms with Crippen LogP contribution < -0.4 is 15.4 Å². The number of carbonyl (C=O) groups excluding carboxylic acids is 1. The van der Waals surface area contributed by atoms with Crippen molar-refractivity contribution in [2.45, 2.75) is 12.5 Å². The molecule has 2 N–H and O–H groups in total. The number of benzene rings is 1. The molecule has 6 nitrogen and oxygen atoms in total. The second kappa shape index (κ2) is 9.03.